The predicted molar refractivity (Wildman–Crippen MR) is 71.0 cm³/mol. The number of rotatable bonds is 5. The van der Waals surface area contributed by atoms with E-state index in [1.54, 1.807) is 24.3 Å². The molecule has 2 aromatic rings. The lowest BCUT2D eigenvalue weighted by Crippen LogP contribution is -3.00. The molecule has 0 fully saturated rings. The van der Waals surface area contributed by atoms with Gasteiger partial charge in [0.25, 0.3) is 10.1 Å². The minimum absolute atomic E-state index is 0. The van der Waals surface area contributed by atoms with Crippen LogP contribution in [0.5, 0.6) is 0 Å². The van der Waals surface area contributed by atoms with E-state index < -0.39 is 10.1 Å². The number of aromatic nitrogens is 1. The van der Waals surface area contributed by atoms with Crippen molar-refractivity contribution in [1.29, 1.82) is 0 Å². The van der Waals surface area contributed by atoms with E-state index >= 15 is 0 Å². The second-order valence-corrected chi connectivity index (χ2v) is 5.82. The highest BCUT2D eigenvalue weighted by Gasteiger charge is 2.15. The third-order valence-electron chi connectivity index (χ3n) is 2.67. The molecule has 0 amide bonds. The van der Waals surface area contributed by atoms with Gasteiger partial charge in [0.05, 0.1) is 4.90 Å². The van der Waals surface area contributed by atoms with E-state index in [2.05, 4.69) is 0 Å². The molecule has 108 valence electrons. The molecule has 1 heterocycles. The van der Waals surface area contributed by atoms with Gasteiger partial charge in [0, 0.05) is 12.1 Å². The lowest BCUT2D eigenvalue weighted by Gasteiger charge is -2.04. The Bertz CT molecular complexity index is 627. The molecule has 20 heavy (non-hydrogen) atoms. The number of benzene rings is 1. The summed E-state index contributed by atoms with van der Waals surface area (Å²) in [4.78, 5) is 0.191. The molecule has 0 aliphatic carbocycles. The molecular formula is C14H16BrNO3S. The third-order valence-corrected chi connectivity index (χ3v) is 4.00. The molecule has 0 aliphatic heterocycles. The third kappa shape index (κ3) is 4.70. The molecule has 6 heteroatoms. The summed E-state index contributed by atoms with van der Waals surface area (Å²) >= 11 is 0. The summed E-state index contributed by atoms with van der Waals surface area (Å²) in [5, 5.41) is 0. The first-order valence-electron chi connectivity index (χ1n) is 5.98. The van der Waals surface area contributed by atoms with E-state index in [-0.39, 0.29) is 28.5 Å². The Morgan fingerprint density at radius 2 is 1.65 bits per heavy atom. The van der Waals surface area contributed by atoms with Gasteiger partial charge in [0.15, 0.2) is 18.9 Å². The molecule has 0 atom stereocenters. The fourth-order valence-corrected chi connectivity index (χ4v) is 2.51. The molecular weight excluding hydrogens is 342 g/mol. The molecule has 4 nitrogen and oxygen atoms in total. The second-order valence-electron chi connectivity index (χ2n) is 4.20. The molecule has 0 aliphatic rings. The zero-order valence-corrected chi connectivity index (χ0v) is 13.5. The van der Waals surface area contributed by atoms with Crippen LogP contribution in [0.2, 0.25) is 0 Å². The van der Waals surface area contributed by atoms with Crippen LogP contribution in [0.1, 0.15) is 5.56 Å². The molecule has 0 saturated heterocycles. The predicted octanol–water partition coefficient (Wildman–Crippen LogP) is -1.31. The van der Waals surface area contributed by atoms with Crippen LogP contribution < -0.4 is 21.5 Å². The fourth-order valence-electron chi connectivity index (χ4n) is 1.61. The van der Waals surface area contributed by atoms with Gasteiger partial charge < -0.3 is 17.0 Å². The summed E-state index contributed by atoms with van der Waals surface area (Å²) in [6, 6.07) is 12.3. The number of aryl methyl sites for hydroxylation is 1. The van der Waals surface area contributed by atoms with Gasteiger partial charge in [-0.2, -0.15) is 8.42 Å². The highest BCUT2D eigenvalue weighted by molar-refractivity contribution is 7.86. The van der Waals surface area contributed by atoms with Crippen LogP contribution in [-0.2, 0) is 20.8 Å². The van der Waals surface area contributed by atoms with Crippen LogP contribution >= 0.6 is 0 Å². The van der Waals surface area contributed by atoms with Gasteiger partial charge in [0.2, 0.25) is 0 Å². The highest BCUT2D eigenvalue weighted by atomic mass is 79.9. The van der Waals surface area contributed by atoms with Gasteiger partial charge in [-0.1, -0.05) is 23.8 Å². The topological polar surface area (TPSA) is 47.3 Å². The number of halogens is 1. The quantitative estimate of drug-likeness (QED) is 0.493. The van der Waals surface area contributed by atoms with E-state index in [4.69, 9.17) is 4.18 Å². The summed E-state index contributed by atoms with van der Waals surface area (Å²) in [5.74, 6) is 0. The van der Waals surface area contributed by atoms with Crippen molar-refractivity contribution in [3.8, 4) is 0 Å². The summed E-state index contributed by atoms with van der Waals surface area (Å²) in [7, 11) is -3.66. The summed E-state index contributed by atoms with van der Waals surface area (Å²) < 4.78 is 30.7. The summed E-state index contributed by atoms with van der Waals surface area (Å²) in [5.41, 5.74) is 1.01. The highest BCUT2D eigenvalue weighted by Crippen LogP contribution is 2.12. The molecule has 0 N–H and O–H groups in total. The van der Waals surface area contributed by atoms with Gasteiger partial charge in [-0.3, -0.25) is 4.18 Å². The van der Waals surface area contributed by atoms with Crippen molar-refractivity contribution in [2.75, 3.05) is 6.61 Å². The first-order chi connectivity index (χ1) is 9.08. The van der Waals surface area contributed by atoms with Crippen molar-refractivity contribution in [3.63, 3.8) is 0 Å². The maximum Gasteiger partial charge on any atom is 0.297 e. The molecule has 1 aromatic heterocycles. The Morgan fingerprint density at radius 1 is 1.05 bits per heavy atom. The van der Waals surface area contributed by atoms with Crippen LogP contribution in [0.4, 0.5) is 0 Å². The van der Waals surface area contributed by atoms with Crippen molar-refractivity contribution in [2.24, 2.45) is 0 Å². The maximum absolute atomic E-state index is 11.9. The summed E-state index contributed by atoms with van der Waals surface area (Å²) in [6.07, 6.45) is 3.73. The van der Waals surface area contributed by atoms with E-state index in [0.717, 1.165) is 5.56 Å². The van der Waals surface area contributed by atoms with E-state index in [1.165, 1.54) is 0 Å². The molecule has 2 rings (SSSR count). The molecule has 0 saturated carbocycles. The molecule has 0 spiro atoms. The van der Waals surface area contributed by atoms with E-state index in [1.807, 2.05) is 42.1 Å². The van der Waals surface area contributed by atoms with Crippen molar-refractivity contribution >= 4 is 10.1 Å². The van der Waals surface area contributed by atoms with Crippen molar-refractivity contribution in [1.82, 2.24) is 0 Å². The standard InChI is InChI=1S/C14H16NO3S.BrH/c1-13-5-7-14(8-6-13)19(16,17)18-12-11-15-9-3-2-4-10-15;/h2-10H,11-12H2,1H3;1H/q+1;/p-1. The molecule has 1 aromatic carbocycles. The number of nitrogens with zero attached hydrogens (tertiary/aromatic N) is 1. The molecule has 0 radical (unpaired) electrons. The number of hydrogen-bond acceptors (Lipinski definition) is 3. The van der Waals surface area contributed by atoms with Crippen LogP contribution in [0.3, 0.4) is 0 Å². The minimum atomic E-state index is -3.66. The Labute approximate surface area is 129 Å². The summed E-state index contributed by atoms with van der Waals surface area (Å²) in [6.45, 7) is 2.51. The molecule has 0 unspecified atom stereocenters. The van der Waals surface area contributed by atoms with Crippen LogP contribution in [0, 0.1) is 6.92 Å². The number of pyridine rings is 1. The smallest absolute Gasteiger partial charge is 0.297 e. The first-order valence-corrected chi connectivity index (χ1v) is 7.39. The van der Waals surface area contributed by atoms with Gasteiger partial charge in [0.1, 0.15) is 6.61 Å². The normalized spacial score (nSPS) is 10.8. The lowest BCUT2D eigenvalue weighted by molar-refractivity contribution is -0.697. The Balaban J connectivity index is 0.00000200. The van der Waals surface area contributed by atoms with Crippen molar-refractivity contribution in [3.05, 3.63) is 60.4 Å². The van der Waals surface area contributed by atoms with Gasteiger partial charge in [-0.05, 0) is 19.1 Å². The average Bonchev–Trinajstić information content (AvgIpc) is 2.40. The van der Waals surface area contributed by atoms with Gasteiger partial charge in [-0.25, -0.2) is 4.57 Å². The zero-order chi connectivity index (χ0) is 13.7. The van der Waals surface area contributed by atoms with Crippen LogP contribution in [-0.4, -0.2) is 15.0 Å². The second kappa shape index (κ2) is 7.52. The Hall–Kier alpha value is -1.24. The largest absolute Gasteiger partial charge is 1.00 e. The maximum atomic E-state index is 11.9. The van der Waals surface area contributed by atoms with E-state index in [9.17, 15) is 8.42 Å². The number of hydrogen-bond donors (Lipinski definition) is 0. The lowest BCUT2D eigenvalue weighted by atomic mass is 10.2. The van der Waals surface area contributed by atoms with Crippen molar-refractivity contribution in [2.45, 2.75) is 18.4 Å². The Kier molecular flexibility index (Phi) is 6.32. The Morgan fingerprint density at radius 3 is 2.25 bits per heavy atom. The monoisotopic (exact) mass is 357 g/mol. The van der Waals surface area contributed by atoms with E-state index in [0.29, 0.717) is 6.54 Å². The zero-order valence-electron chi connectivity index (χ0n) is 11.1. The van der Waals surface area contributed by atoms with Gasteiger partial charge >= 0.3 is 0 Å². The van der Waals surface area contributed by atoms with Crippen LogP contribution in [0.15, 0.2) is 59.8 Å². The SMILES string of the molecule is Cc1ccc(S(=O)(=O)OCC[n+]2ccccc2)cc1.[Br-]. The van der Waals surface area contributed by atoms with Crippen molar-refractivity contribution < 1.29 is 34.1 Å². The minimum Gasteiger partial charge on any atom is -1.00 e. The first kappa shape index (κ1) is 16.8. The molecule has 0 bridgehead atoms. The van der Waals surface area contributed by atoms with Crippen LogP contribution in [0.25, 0.3) is 0 Å². The average molecular weight is 358 g/mol. The van der Waals surface area contributed by atoms with Gasteiger partial charge in [-0.15, -0.1) is 0 Å². The fraction of sp³-hybridized carbons (Fsp3) is 0.214.